The van der Waals surface area contributed by atoms with Gasteiger partial charge in [0.25, 0.3) is 18.2 Å². The Kier molecular flexibility index (Phi) is 10.5. The van der Waals surface area contributed by atoms with Gasteiger partial charge in [0.2, 0.25) is 5.88 Å². The molecule has 4 aromatic rings. The van der Waals surface area contributed by atoms with Crippen LogP contribution in [0.3, 0.4) is 0 Å². The number of H-pyrrole nitrogens is 1. The van der Waals surface area contributed by atoms with Gasteiger partial charge in [-0.15, -0.1) is 11.3 Å². The van der Waals surface area contributed by atoms with Crippen molar-refractivity contribution >= 4 is 45.9 Å². The first kappa shape index (κ1) is 35.3. The Bertz CT molecular complexity index is 1780. The summed E-state index contributed by atoms with van der Waals surface area (Å²) < 4.78 is 112. The van der Waals surface area contributed by atoms with Crippen LogP contribution in [0.4, 0.5) is 35.1 Å². The molecule has 3 heterocycles. The van der Waals surface area contributed by atoms with Gasteiger partial charge in [0, 0.05) is 19.0 Å². The molecule has 8 nitrogen and oxygen atoms in total. The number of aromatic nitrogens is 3. The number of hydrogen-bond acceptors (Lipinski definition) is 6. The van der Waals surface area contributed by atoms with E-state index < -0.39 is 67.0 Å². The molecule has 5 rings (SSSR count). The number of carbonyl (C=O) groups excluding carboxylic acids is 2. The molecule has 2 amide bonds. The van der Waals surface area contributed by atoms with Crippen molar-refractivity contribution in [2.45, 2.75) is 63.5 Å². The van der Waals surface area contributed by atoms with Gasteiger partial charge < -0.3 is 20.4 Å². The summed E-state index contributed by atoms with van der Waals surface area (Å²) in [6.07, 6.45) is -12.7. The van der Waals surface area contributed by atoms with Crippen molar-refractivity contribution in [3.8, 4) is 5.88 Å². The van der Waals surface area contributed by atoms with E-state index in [4.69, 9.17) is 16.3 Å². The number of alkyl halides is 8. The van der Waals surface area contributed by atoms with E-state index in [1.165, 1.54) is 24.3 Å². The maximum atomic E-state index is 13.9. The van der Waals surface area contributed by atoms with Crippen LogP contribution in [0, 0.1) is 5.92 Å². The number of benzene rings is 1. The predicted octanol–water partition coefficient (Wildman–Crippen LogP) is 7.71. The maximum Gasteiger partial charge on any atom is 0.416 e. The Morgan fingerprint density at radius 2 is 1.75 bits per heavy atom. The van der Waals surface area contributed by atoms with E-state index in [0.717, 1.165) is 17.4 Å². The van der Waals surface area contributed by atoms with Crippen LogP contribution in [0.1, 0.15) is 68.2 Å². The molecule has 0 aliphatic heterocycles. The summed E-state index contributed by atoms with van der Waals surface area (Å²) in [6, 6.07) is 5.45. The third kappa shape index (κ3) is 8.53. The van der Waals surface area contributed by atoms with E-state index in [2.05, 4.69) is 25.6 Å². The number of nitrogens with zero attached hydrogens (tertiary/aromatic N) is 2. The molecule has 1 aliphatic rings. The topological polar surface area (TPSA) is 109 Å². The third-order valence-corrected chi connectivity index (χ3v) is 9.05. The van der Waals surface area contributed by atoms with Gasteiger partial charge in [0.05, 0.1) is 22.0 Å². The van der Waals surface area contributed by atoms with Gasteiger partial charge >= 0.3 is 12.4 Å². The first-order chi connectivity index (χ1) is 22.6. The summed E-state index contributed by atoms with van der Waals surface area (Å²) in [4.78, 5) is 36.9. The second-order valence-corrected chi connectivity index (χ2v) is 12.4. The minimum absolute atomic E-state index is 0.0163. The number of fused-ring (bicyclic) bond motifs is 1. The lowest BCUT2D eigenvalue weighted by atomic mass is 9.85. The lowest BCUT2D eigenvalue weighted by Gasteiger charge is -2.30. The Morgan fingerprint density at radius 3 is 2.38 bits per heavy atom. The highest BCUT2D eigenvalue weighted by atomic mass is 35.5. The standard InChI is InChI=1S/C30H26ClF8N5O3S/c31-20-7-8-48-24(20)27(46)40-12-14-1-6-19(30(37,38)39)15(9-14)10-23-42-21-11-18(28(44-25(21)43-23)47-13-22(32)33)26(45)41-17-4-2-16(3-5-17)29(34,35)36/h1,6-9,11,16-17,22H,2-5,10,12-13H2,(H,40,46)(H,41,45)(H,42,43,44). The van der Waals surface area contributed by atoms with Crippen molar-refractivity contribution in [1.29, 1.82) is 0 Å². The molecule has 0 bridgehead atoms. The smallest absolute Gasteiger partial charge is 0.416 e. The minimum atomic E-state index is -4.74. The molecule has 1 saturated carbocycles. The fourth-order valence-corrected chi connectivity index (χ4v) is 6.44. The molecule has 0 unspecified atom stereocenters. The molecule has 0 atom stereocenters. The van der Waals surface area contributed by atoms with Gasteiger partial charge in [-0.2, -0.15) is 31.3 Å². The molecule has 0 saturated heterocycles. The number of hydrogen-bond donors (Lipinski definition) is 3. The molecule has 0 spiro atoms. The minimum Gasteiger partial charge on any atom is -0.471 e. The van der Waals surface area contributed by atoms with Crippen molar-refractivity contribution in [1.82, 2.24) is 25.6 Å². The quantitative estimate of drug-likeness (QED) is 0.145. The molecule has 258 valence electrons. The van der Waals surface area contributed by atoms with Gasteiger partial charge in [-0.05, 0) is 60.4 Å². The molecular weight excluding hydrogens is 698 g/mol. The van der Waals surface area contributed by atoms with Crippen molar-refractivity contribution in [2.24, 2.45) is 5.92 Å². The summed E-state index contributed by atoms with van der Waals surface area (Å²) in [5.41, 5.74) is -1.20. The molecule has 3 aromatic heterocycles. The van der Waals surface area contributed by atoms with E-state index >= 15 is 0 Å². The van der Waals surface area contributed by atoms with Gasteiger partial charge in [-0.3, -0.25) is 9.59 Å². The van der Waals surface area contributed by atoms with Crippen LogP contribution in [-0.2, 0) is 19.1 Å². The van der Waals surface area contributed by atoms with Crippen molar-refractivity contribution in [3.05, 3.63) is 73.7 Å². The van der Waals surface area contributed by atoms with Crippen molar-refractivity contribution in [2.75, 3.05) is 6.61 Å². The number of pyridine rings is 1. The lowest BCUT2D eigenvalue weighted by molar-refractivity contribution is -0.182. The second-order valence-electron chi connectivity index (χ2n) is 11.1. The summed E-state index contributed by atoms with van der Waals surface area (Å²) in [6.45, 7) is -1.25. The highest BCUT2D eigenvalue weighted by Gasteiger charge is 2.41. The monoisotopic (exact) mass is 723 g/mol. The molecule has 1 fully saturated rings. The van der Waals surface area contributed by atoms with Crippen LogP contribution >= 0.6 is 22.9 Å². The number of aromatic amines is 1. The normalized spacial score (nSPS) is 17.1. The predicted molar refractivity (Wildman–Crippen MR) is 159 cm³/mol. The average molecular weight is 724 g/mol. The Labute approximate surface area is 276 Å². The number of rotatable bonds is 10. The number of thiophene rings is 1. The molecular formula is C30H26ClF8N5O3S. The van der Waals surface area contributed by atoms with Crippen LogP contribution in [0.15, 0.2) is 35.7 Å². The lowest BCUT2D eigenvalue weighted by Crippen LogP contribution is -2.40. The summed E-state index contributed by atoms with van der Waals surface area (Å²) in [7, 11) is 0. The Hall–Kier alpha value is -3.99. The van der Waals surface area contributed by atoms with Crippen molar-refractivity contribution in [3.63, 3.8) is 0 Å². The van der Waals surface area contributed by atoms with E-state index in [1.54, 1.807) is 5.38 Å². The van der Waals surface area contributed by atoms with Gasteiger partial charge in [-0.1, -0.05) is 23.7 Å². The number of nitrogens with one attached hydrogen (secondary N) is 3. The molecule has 3 N–H and O–H groups in total. The van der Waals surface area contributed by atoms with Crippen LogP contribution in [0.25, 0.3) is 11.2 Å². The zero-order chi connectivity index (χ0) is 34.8. The Morgan fingerprint density at radius 1 is 1.02 bits per heavy atom. The highest BCUT2D eigenvalue weighted by Crippen LogP contribution is 2.38. The Balaban J connectivity index is 1.38. The van der Waals surface area contributed by atoms with E-state index in [0.29, 0.717) is 5.56 Å². The number of amides is 2. The molecule has 0 radical (unpaired) electrons. The maximum absolute atomic E-state index is 13.9. The SMILES string of the molecule is O=C(NC1CCC(C(F)(F)F)CC1)c1cc2[nH]c(Cc3cc(CNC(=O)c4sccc4Cl)ccc3C(F)(F)F)nc2nc1OCC(F)F. The average Bonchev–Trinajstić information content (AvgIpc) is 3.62. The zero-order valence-electron chi connectivity index (χ0n) is 24.6. The molecule has 1 aromatic carbocycles. The number of carbonyl (C=O) groups is 2. The first-order valence-corrected chi connectivity index (χ1v) is 15.7. The van der Waals surface area contributed by atoms with Crippen LogP contribution in [0.5, 0.6) is 5.88 Å². The summed E-state index contributed by atoms with van der Waals surface area (Å²) >= 11 is 7.08. The number of ether oxygens (including phenoxy) is 1. The molecule has 48 heavy (non-hydrogen) atoms. The van der Waals surface area contributed by atoms with Crippen LogP contribution in [-0.4, -0.2) is 52.0 Å². The molecule has 18 heteroatoms. The fourth-order valence-electron chi connectivity index (χ4n) is 5.38. The summed E-state index contributed by atoms with van der Waals surface area (Å²) in [5.74, 6) is -3.37. The van der Waals surface area contributed by atoms with E-state index in [-0.39, 0.29) is 70.2 Å². The third-order valence-electron chi connectivity index (χ3n) is 7.71. The first-order valence-electron chi connectivity index (χ1n) is 14.5. The van der Waals surface area contributed by atoms with E-state index in [1.807, 2.05) is 0 Å². The van der Waals surface area contributed by atoms with Gasteiger partial charge in [0.15, 0.2) is 12.3 Å². The fraction of sp³-hybridized carbons (Fsp3) is 0.400. The zero-order valence-corrected chi connectivity index (χ0v) is 26.1. The van der Waals surface area contributed by atoms with Gasteiger partial charge in [-0.25, -0.2) is 13.8 Å². The van der Waals surface area contributed by atoms with Crippen LogP contribution in [0.2, 0.25) is 5.02 Å². The summed E-state index contributed by atoms with van der Waals surface area (Å²) in [5, 5.41) is 7.06. The van der Waals surface area contributed by atoms with Crippen LogP contribution < -0.4 is 15.4 Å². The molecule has 1 aliphatic carbocycles. The largest absolute Gasteiger partial charge is 0.471 e. The number of imidazole rings is 1. The highest BCUT2D eigenvalue weighted by molar-refractivity contribution is 7.12. The number of halogens is 9. The van der Waals surface area contributed by atoms with E-state index in [9.17, 15) is 44.7 Å². The second kappa shape index (κ2) is 14.2. The van der Waals surface area contributed by atoms with Gasteiger partial charge in [0.1, 0.15) is 16.3 Å². The van der Waals surface area contributed by atoms with Crippen molar-refractivity contribution < 1.29 is 49.4 Å².